The largest absolute Gasteiger partial charge is 0.494 e. The number of ether oxygens (including phenoxy) is 5. The predicted octanol–water partition coefficient (Wildman–Crippen LogP) is 8.40. The van der Waals surface area contributed by atoms with Crippen LogP contribution in [0, 0.1) is 11.8 Å². The van der Waals surface area contributed by atoms with Gasteiger partial charge in [-0.3, -0.25) is 0 Å². The molecule has 0 N–H and O–H groups in total. The predicted molar refractivity (Wildman–Crippen MR) is 160 cm³/mol. The van der Waals surface area contributed by atoms with Crippen LogP contribution >= 0.6 is 0 Å². The first-order valence-electron chi connectivity index (χ1n) is 15.6. The molecule has 2 heterocycles. The molecule has 2 aromatic carbocycles. The molecule has 0 unspecified atom stereocenters. The van der Waals surface area contributed by atoms with Crippen molar-refractivity contribution in [3.63, 3.8) is 0 Å². The fraction of sp³-hybridized carbons (Fsp3) is 0.600. The monoisotopic (exact) mass is 548 g/mol. The molecule has 40 heavy (non-hydrogen) atoms. The van der Waals surface area contributed by atoms with Gasteiger partial charge in [0, 0.05) is 5.56 Å². The molecule has 2 aliphatic rings. The summed E-state index contributed by atoms with van der Waals surface area (Å²) in [6.07, 6.45) is 13.7. The van der Waals surface area contributed by atoms with Gasteiger partial charge in [-0.15, -0.1) is 0 Å². The Balaban J connectivity index is 1.16. The molecular formula is C35H48O5. The molecule has 0 spiro atoms. The van der Waals surface area contributed by atoms with Gasteiger partial charge in [-0.05, 0) is 73.6 Å². The van der Waals surface area contributed by atoms with Crippen LogP contribution in [0.5, 0.6) is 11.5 Å². The van der Waals surface area contributed by atoms with Gasteiger partial charge in [-0.2, -0.15) is 0 Å². The number of rotatable bonds is 15. The molecule has 4 atom stereocenters. The molecule has 0 amide bonds. The highest BCUT2D eigenvalue weighted by atomic mass is 16.7. The van der Waals surface area contributed by atoms with E-state index in [9.17, 15) is 0 Å². The Bertz CT molecular complexity index is 1020. The fourth-order valence-electron chi connectivity index (χ4n) is 5.22. The van der Waals surface area contributed by atoms with Gasteiger partial charge in [0.15, 0.2) is 0 Å². The fourth-order valence-corrected chi connectivity index (χ4v) is 5.22. The minimum atomic E-state index is -0.529. The van der Waals surface area contributed by atoms with Crippen molar-refractivity contribution in [3.05, 3.63) is 59.7 Å². The highest BCUT2D eigenvalue weighted by molar-refractivity contribution is 5.38. The number of benzene rings is 2. The van der Waals surface area contributed by atoms with Crippen LogP contribution in [0.4, 0.5) is 0 Å². The zero-order valence-corrected chi connectivity index (χ0v) is 24.6. The third-order valence-corrected chi connectivity index (χ3v) is 7.65. The summed E-state index contributed by atoms with van der Waals surface area (Å²) in [7, 11) is 0. The maximum atomic E-state index is 6.38. The standard InChI is InChI=1S/C35H48O5/c1-3-5-7-9-10-12-26-36-30-18-13-28(14-19-30)15-24-35-38-27-34-33(40-35)23-22-32(39-34)29-16-20-31(21-17-29)37-25-11-8-6-4-2/h13-14,16-21,32-35H,3-12,22-23,25-27H2,1-2H3/t32-,33+,34-,35-/m1/s1. The third-order valence-electron chi connectivity index (χ3n) is 7.65. The summed E-state index contributed by atoms with van der Waals surface area (Å²) in [5.41, 5.74) is 2.10. The van der Waals surface area contributed by atoms with Crippen LogP contribution in [0.15, 0.2) is 48.5 Å². The summed E-state index contributed by atoms with van der Waals surface area (Å²) < 4.78 is 30.2. The van der Waals surface area contributed by atoms with Gasteiger partial charge in [-0.25, -0.2) is 0 Å². The second-order valence-corrected chi connectivity index (χ2v) is 11.0. The normalized spacial score (nSPS) is 22.1. The summed E-state index contributed by atoms with van der Waals surface area (Å²) in [6, 6.07) is 16.3. The molecule has 0 aliphatic carbocycles. The van der Waals surface area contributed by atoms with E-state index in [2.05, 4.69) is 50.0 Å². The van der Waals surface area contributed by atoms with Crippen LogP contribution in [-0.4, -0.2) is 38.3 Å². The molecule has 2 saturated heterocycles. The van der Waals surface area contributed by atoms with Crippen molar-refractivity contribution in [1.29, 1.82) is 0 Å². The Kier molecular flexibility index (Phi) is 13.2. The van der Waals surface area contributed by atoms with Gasteiger partial charge in [0.25, 0.3) is 0 Å². The first-order valence-corrected chi connectivity index (χ1v) is 15.6. The molecule has 2 fully saturated rings. The van der Waals surface area contributed by atoms with Crippen molar-refractivity contribution in [1.82, 2.24) is 0 Å². The van der Waals surface area contributed by atoms with E-state index in [1.807, 2.05) is 24.3 Å². The molecular weight excluding hydrogens is 500 g/mol. The van der Waals surface area contributed by atoms with Crippen molar-refractivity contribution in [2.24, 2.45) is 0 Å². The third kappa shape index (κ3) is 10.1. The maximum absolute atomic E-state index is 6.38. The Labute approximate surface area is 241 Å². The second kappa shape index (κ2) is 17.3. The number of hydrogen-bond acceptors (Lipinski definition) is 5. The van der Waals surface area contributed by atoms with Crippen LogP contribution in [0.1, 0.15) is 108 Å². The molecule has 0 saturated carbocycles. The van der Waals surface area contributed by atoms with Gasteiger partial charge in [0.1, 0.15) is 17.6 Å². The molecule has 4 rings (SSSR count). The van der Waals surface area contributed by atoms with E-state index in [0.717, 1.165) is 56.0 Å². The summed E-state index contributed by atoms with van der Waals surface area (Å²) in [6.45, 7) is 6.51. The number of unbranched alkanes of at least 4 members (excludes halogenated alkanes) is 8. The number of hydrogen-bond donors (Lipinski definition) is 0. The Hall–Kier alpha value is -2.52. The summed E-state index contributed by atoms with van der Waals surface area (Å²) in [5.74, 6) is 8.15. The lowest BCUT2D eigenvalue weighted by Crippen LogP contribution is -2.47. The van der Waals surface area contributed by atoms with Crippen molar-refractivity contribution in [2.45, 2.75) is 115 Å². The molecule has 2 aliphatic heterocycles. The Morgan fingerprint density at radius 3 is 1.95 bits per heavy atom. The lowest BCUT2D eigenvalue weighted by atomic mass is 9.96. The first kappa shape index (κ1) is 30.4. The average Bonchev–Trinajstić information content (AvgIpc) is 3.00. The Morgan fingerprint density at radius 1 is 0.675 bits per heavy atom. The molecule has 0 radical (unpaired) electrons. The second-order valence-electron chi connectivity index (χ2n) is 11.0. The smallest absolute Gasteiger partial charge is 0.223 e. The van der Waals surface area contributed by atoms with Crippen molar-refractivity contribution in [2.75, 3.05) is 19.8 Å². The zero-order chi connectivity index (χ0) is 27.8. The van der Waals surface area contributed by atoms with Gasteiger partial charge >= 0.3 is 0 Å². The summed E-state index contributed by atoms with van der Waals surface area (Å²) in [4.78, 5) is 0. The van der Waals surface area contributed by atoms with Gasteiger partial charge in [0.05, 0.1) is 32.0 Å². The van der Waals surface area contributed by atoms with Gasteiger partial charge in [-0.1, -0.05) is 83.3 Å². The number of fused-ring (bicyclic) bond motifs is 1. The highest BCUT2D eigenvalue weighted by Crippen LogP contribution is 2.35. The zero-order valence-electron chi connectivity index (χ0n) is 24.6. The van der Waals surface area contributed by atoms with Crippen LogP contribution in [0.2, 0.25) is 0 Å². The van der Waals surface area contributed by atoms with E-state index in [1.54, 1.807) is 0 Å². The molecule has 2 aromatic rings. The van der Waals surface area contributed by atoms with E-state index >= 15 is 0 Å². The molecule has 218 valence electrons. The molecule has 5 nitrogen and oxygen atoms in total. The molecule has 5 heteroatoms. The van der Waals surface area contributed by atoms with Crippen LogP contribution in [0.3, 0.4) is 0 Å². The maximum Gasteiger partial charge on any atom is 0.223 e. The van der Waals surface area contributed by atoms with E-state index in [0.29, 0.717) is 6.61 Å². The van der Waals surface area contributed by atoms with Crippen LogP contribution < -0.4 is 9.47 Å². The summed E-state index contributed by atoms with van der Waals surface area (Å²) >= 11 is 0. The van der Waals surface area contributed by atoms with Gasteiger partial charge in [0.2, 0.25) is 6.29 Å². The average molecular weight is 549 g/mol. The Morgan fingerprint density at radius 2 is 1.27 bits per heavy atom. The quantitative estimate of drug-likeness (QED) is 0.165. The van der Waals surface area contributed by atoms with Crippen molar-refractivity contribution >= 4 is 0 Å². The lowest BCUT2D eigenvalue weighted by molar-refractivity contribution is -0.266. The topological polar surface area (TPSA) is 46.2 Å². The van der Waals surface area contributed by atoms with E-state index in [1.165, 1.54) is 56.9 Å². The minimum absolute atomic E-state index is 0.00720. The minimum Gasteiger partial charge on any atom is -0.494 e. The van der Waals surface area contributed by atoms with Crippen LogP contribution in [0.25, 0.3) is 0 Å². The summed E-state index contributed by atoms with van der Waals surface area (Å²) in [5, 5.41) is 0. The van der Waals surface area contributed by atoms with Gasteiger partial charge < -0.3 is 23.7 Å². The molecule has 0 aromatic heterocycles. The van der Waals surface area contributed by atoms with E-state index < -0.39 is 6.29 Å². The SMILES string of the molecule is CCCCCCCCOc1ccc(C#C[C@@H]2OC[C@H]3O[C@@H](c4ccc(OCCCCCC)cc4)CC[C@@H]3O2)cc1. The first-order chi connectivity index (χ1) is 19.7. The molecule has 0 bridgehead atoms. The van der Waals surface area contributed by atoms with E-state index in [4.69, 9.17) is 23.7 Å². The lowest BCUT2D eigenvalue weighted by Gasteiger charge is -2.40. The van der Waals surface area contributed by atoms with Crippen LogP contribution in [-0.2, 0) is 14.2 Å². The highest BCUT2D eigenvalue weighted by Gasteiger charge is 2.38. The van der Waals surface area contributed by atoms with Crippen molar-refractivity contribution in [3.8, 4) is 23.3 Å². The van der Waals surface area contributed by atoms with E-state index in [-0.39, 0.29) is 18.3 Å². The van der Waals surface area contributed by atoms with Crippen molar-refractivity contribution < 1.29 is 23.7 Å².